The summed E-state index contributed by atoms with van der Waals surface area (Å²) in [5, 5.41) is 50.2. The molecule has 3 aromatic rings. The average molecular weight is 476 g/mol. The SMILES string of the molecule is COc1ccc(-c2cc(=O)c3c(O)c(OC)c(OC4OC(CO)C(O)C(O)C4O)cc3o2)cc1. The van der Waals surface area contributed by atoms with Crippen molar-refractivity contribution >= 4 is 11.0 Å². The van der Waals surface area contributed by atoms with Gasteiger partial charge in [0.2, 0.25) is 12.0 Å². The average Bonchev–Trinajstić information content (AvgIpc) is 2.84. The molecule has 2 heterocycles. The van der Waals surface area contributed by atoms with Gasteiger partial charge in [-0.25, -0.2) is 0 Å². The summed E-state index contributed by atoms with van der Waals surface area (Å²) in [5.41, 5.74) is -0.00928. The Kier molecular flexibility index (Phi) is 6.64. The molecule has 1 aliphatic rings. The fourth-order valence-corrected chi connectivity index (χ4v) is 3.73. The van der Waals surface area contributed by atoms with Crippen molar-refractivity contribution in [3.63, 3.8) is 0 Å². The molecule has 11 nitrogen and oxygen atoms in total. The largest absolute Gasteiger partial charge is 0.504 e. The number of aliphatic hydroxyl groups excluding tert-OH is 4. The molecular formula is C23H24O11. The summed E-state index contributed by atoms with van der Waals surface area (Å²) in [5.74, 6) is -0.150. The minimum absolute atomic E-state index is 0.0452. The van der Waals surface area contributed by atoms with E-state index in [0.29, 0.717) is 11.3 Å². The minimum atomic E-state index is -1.70. The van der Waals surface area contributed by atoms with Gasteiger partial charge < -0.3 is 48.9 Å². The Morgan fingerprint density at radius 2 is 1.68 bits per heavy atom. The number of phenolic OH excluding ortho intramolecular Hbond substituents is 1. The van der Waals surface area contributed by atoms with Crippen LogP contribution < -0.4 is 19.6 Å². The molecule has 5 atom stereocenters. The van der Waals surface area contributed by atoms with Crippen molar-refractivity contribution in [2.24, 2.45) is 0 Å². The molecule has 1 saturated heterocycles. The molecule has 0 bridgehead atoms. The van der Waals surface area contributed by atoms with Crippen LogP contribution in [-0.4, -0.2) is 77.1 Å². The van der Waals surface area contributed by atoms with Crippen LogP contribution in [0.2, 0.25) is 0 Å². The number of aromatic hydroxyl groups is 1. The highest BCUT2D eigenvalue weighted by Gasteiger charge is 2.45. The molecule has 1 fully saturated rings. The quantitative estimate of drug-likeness (QED) is 0.333. The maximum Gasteiger partial charge on any atom is 0.229 e. The third-order valence-corrected chi connectivity index (χ3v) is 5.58. The molecule has 0 aliphatic carbocycles. The number of ether oxygens (including phenoxy) is 4. The van der Waals surface area contributed by atoms with Gasteiger partial charge in [0.15, 0.2) is 16.9 Å². The van der Waals surface area contributed by atoms with E-state index >= 15 is 0 Å². The zero-order valence-electron chi connectivity index (χ0n) is 18.2. The van der Waals surface area contributed by atoms with Gasteiger partial charge >= 0.3 is 0 Å². The second-order valence-electron chi connectivity index (χ2n) is 7.65. The molecule has 4 rings (SSSR count). The lowest BCUT2D eigenvalue weighted by Gasteiger charge is -2.39. The maximum absolute atomic E-state index is 12.8. The molecule has 2 aromatic carbocycles. The number of benzene rings is 2. The molecule has 0 amide bonds. The van der Waals surface area contributed by atoms with Crippen LogP contribution in [0.5, 0.6) is 23.0 Å². The van der Waals surface area contributed by atoms with Gasteiger partial charge in [0, 0.05) is 17.7 Å². The molecule has 5 unspecified atom stereocenters. The van der Waals surface area contributed by atoms with E-state index in [9.17, 15) is 30.3 Å². The smallest absolute Gasteiger partial charge is 0.229 e. The maximum atomic E-state index is 12.8. The summed E-state index contributed by atoms with van der Waals surface area (Å²) in [6, 6.07) is 9.26. The van der Waals surface area contributed by atoms with Crippen LogP contribution in [0.3, 0.4) is 0 Å². The van der Waals surface area contributed by atoms with E-state index in [1.807, 2.05) is 0 Å². The molecule has 34 heavy (non-hydrogen) atoms. The Balaban J connectivity index is 1.78. The number of methoxy groups -OCH3 is 2. The number of hydrogen-bond acceptors (Lipinski definition) is 11. The monoisotopic (exact) mass is 476 g/mol. The van der Waals surface area contributed by atoms with Crippen molar-refractivity contribution in [1.82, 2.24) is 0 Å². The first-order valence-electron chi connectivity index (χ1n) is 10.3. The third kappa shape index (κ3) is 4.15. The normalized spacial score (nSPS) is 24.7. The first kappa shape index (κ1) is 23.8. The van der Waals surface area contributed by atoms with Gasteiger partial charge in [-0.15, -0.1) is 0 Å². The van der Waals surface area contributed by atoms with E-state index < -0.39 is 48.5 Å². The summed E-state index contributed by atoms with van der Waals surface area (Å²) >= 11 is 0. The van der Waals surface area contributed by atoms with E-state index in [0.717, 1.165) is 0 Å². The molecule has 0 radical (unpaired) electrons. The highest BCUT2D eigenvalue weighted by Crippen LogP contribution is 2.43. The van der Waals surface area contributed by atoms with Gasteiger partial charge in [0.05, 0.1) is 20.8 Å². The summed E-state index contributed by atoms with van der Waals surface area (Å²) in [4.78, 5) is 12.8. The summed E-state index contributed by atoms with van der Waals surface area (Å²) in [6.07, 6.45) is -7.69. The number of phenols is 1. The van der Waals surface area contributed by atoms with Gasteiger partial charge in [0.25, 0.3) is 0 Å². The van der Waals surface area contributed by atoms with Crippen molar-refractivity contribution in [3.05, 3.63) is 46.6 Å². The Morgan fingerprint density at radius 3 is 2.29 bits per heavy atom. The molecule has 5 N–H and O–H groups in total. The fraction of sp³-hybridized carbons (Fsp3) is 0.348. The van der Waals surface area contributed by atoms with Crippen LogP contribution in [0, 0.1) is 0 Å². The standard InChI is InChI=1S/C23H24O11/c1-30-11-5-3-10(4-6-11)13-7-12(25)17-14(32-13)8-15(22(31-2)19(17)27)33-23-21(29)20(28)18(26)16(9-24)34-23/h3-8,16,18,20-21,23-24,26-29H,9H2,1-2H3. The van der Waals surface area contributed by atoms with Crippen LogP contribution >= 0.6 is 0 Å². The number of hydrogen-bond donors (Lipinski definition) is 5. The zero-order chi connectivity index (χ0) is 24.6. The van der Waals surface area contributed by atoms with Gasteiger partial charge in [0.1, 0.15) is 46.9 Å². The first-order valence-corrected chi connectivity index (χ1v) is 10.3. The van der Waals surface area contributed by atoms with E-state index in [4.69, 9.17) is 23.4 Å². The highest BCUT2D eigenvalue weighted by molar-refractivity contribution is 5.89. The van der Waals surface area contributed by atoms with Gasteiger partial charge in [-0.1, -0.05) is 0 Å². The first-order chi connectivity index (χ1) is 16.3. The van der Waals surface area contributed by atoms with E-state index in [1.54, 1.807) is 24.3 Å². The van der Waals surface area contributed by atoms with E-state index in [1.165, 1.54) is 26.4 Å². The van der Waals surface area contributed by atoms with Crippen LogP contribution in [-0.2, 0) is 4.74 Å². The number of aliphatic hydroxyl groups is 4. The Hall–Kier alpha value is -3.35. The molecule has 182 valence electrons. The topological polar surface area (TPSA) is 168 Å². The van der Waals surface area contributed by atoms with Crippen molar-refractivity contribution in [3.8, 4) is 34.3 Å². The third-order valence-electron chi connectivity index (χ3n) is 5.58. The van der Waals surface area contributed by atoms with Crippen molar-refractivity contribution in [2.45, 2.75) is 30.7 Å². The molecule has 11 heteroatoms. The molecular weight excluding hydrogens is 452 g/mol. The van der Waals surface area contributed by atoms with Crippen molar-refractivity contribution in [2.75, 3.05) is 20.8 Å². The Bertz CT molecular complexity index is 1220. The summed E-state index contributed by atoms with van der Waals surface area (Å²) < 4.78 is 27.1. The molecule has 0 spiro atoms. The molecule has 0 saturated carbocycles. The lowest BCUT2D eigenvalue weighted by Crippen LogP contribution is -2.60. The molecule has 1 aromatic heterocycles. The van der Waals surface area contributed by atoms with Crippen LogP contribution in [0.1, 0.15) is 0 Å². The predicted molar refractivity (Wildman–Crippen MR) is 117 cm³/mol. The van der Waals surface area contributed by atoms with E-state index in [-0.39, 0.29) is 28.2 Å². The second-order valence-corrected chi connectivity index (χ2v) is 7.65. The van der Waals surface area contributed by atoms with Crippen molar-refractivity contribution < 1.29 is 48.9 Å². The Labute approximate surface area is 192 Å². The lowest BCUT2D eigenvalue weighted by molar-refractivity contribution is -0.277. The lowest BCUT2D eigenvalue weighted by atomic mass is 9.99. The van der Waals surface area contributed by atoms with Crippen molar-refractivity contribution in [1.29, 1.82) is 0 Å². The predicted octanol–water partition coefficient (Wildman–Crippen LogP) is 0.361. The van der Waals surface area contributed by atoms with Crippen LogP contribution in [0.15, 0.2) is 45.6 Å². The highest BCUT2D eigenvalue weighted by atomic mass is 16.7. The number of rotatable bonds is 6. The Morgan fingerprint density at radius 1 is 0.971 bits per heavy atom. The van der Waals surface area contributed by atoms with E-state index in [2.05, 4.69) is 0 Å². The van der Waals surface area contributed by atoms with Gasteiger partial charge in [-0.05, 0) is 24.3 Å². The summed E-state index contributed by atoms with van der Waals surface area (Å²) in [7, 11) is 2.76. The van der Waals surface area contributed by atoms with Crippen LogP contribution in [0.25, 0.3) is 22.3 Å². The van der Waals surface area contributed by atoms with Gasteiger partial charge in [-0.3, -0.25) is 4.79 Å². The second kappa shape index (κ2) is 9.49. The minimum Gasteiger partial charge on any atom is -0.504 e. The van der Waals surface area contributed by atoms with Gasteiger partial charge in [-0.2, -0.15) is 0 Å². The van der Waals surface area contributed by atoms with Crippen LogP contribution in [0.4, 0.5) is 0 Å². The number of fused-ring (bicyclic) bond motifs is 1. The molecule has 1 aliphatic heterocycles. The fourth-order valence-electron chi connectivity index (χ4n) is 3.73. The zero-order valence-corrected chi connectivity index (χ0v) is 18.2. The summed E-state index contributed by atoms with van der Waals surface area (Å²) in [6.45, 7) is -0.648.